The Bertz CT molecular complexity index is 241. The van der Waals surface area contributed by atoms with Crippen LogP contribution in [0.15, 0.2) is 0 Å². The molecule has 1 rings (SSSR count). The lowest BCUT2D eigenvalue weighted by Crippen LogP contribution is -2.38. The fourth-order valence-corrected chi connectivity index (χ4v) is 2.73. The summed E-state index contributed by atoms with van der Waals surface area (Å²) in [6.45, 7) is 5.74. The van der Waals surface area contributed by atoms with Crippen LogP contribution in [0, 0.1) is 17.2 Å². The first-order chi connectivity index (χ1) is 8.13. The van der Waals surface area contributed by atoms with E-state index in [1.807, 2.05) is 0 Å². The van der Waals surface area contributed by atoms with E-state index in [-0.39, 0.29) is 6.10 Å². The number of aliphatic hydroxyl groups excluding tert-OH is 1. The van der Waals surface area contributed by atoms with Crippen LogP contribution in [0.2, 0.25) is 0 Å². The number of hydrogen-bond acceptors (Lipinski definition) is 3. The Morgan fingerprint density at radius 1 is 1.35 bits per heavy atom. The van der Waals surface area contributed by atoms with Gasteiger partial charge in [-0.3, -0.25) is 4.90 Å². The van der Waals surface area contributed by atoms with Crippen molar-refractivity contribution in [3.8, 4) is 6.07 Å². The molecular weight excluding hydrogens is 212 g/mol. The van der Waals surface area contributed by atoms with Gasteiger partial charge in [-0.15, -0.1) is 0 Å². The predicted molar refractivity (Wildman–Crippen MR) is 69.5 cm³/mol. The maximum absolute atomic E-state index is 10.1. The summed E-state index contributed by atoms with van der Waals surface area (Å²) in [7, 11) is 0. The molecule has 0 aliphatic heterocycles. The summed E-state index contributed by atoms with van der Waals surface area (Å²) in [4.78, 5) is 2.21. The lowest BCUT2D eigenvalue weighted by Gasteiger charge is -2.28. The van der Waals surface area contributed by atoms with Crippen LogP contribution in [0.1, 0.15) is 52.4 Å². The first kappa shape index (κ1) is 14.5. The number of hydrogen-bond donors (Lipinski definition) is 1. The molecule has 0 spiro atoms. The van der Waals surface area contributed by atoms with E-state index in [1.165, 1.54) is 25.7 Å². The Balaban J connectivity index is 2.29. The zero-order valence-electron chi connectivity index (χ0n) is 11.2. The van der Waals surface area contributed by atoms with Crippen LogP contribution in [-0.2, 0) is 0 Å². The SMILES string of the molecule is CC(C)N(CCC#N)CC(O)CC1CCCC1. The van der Waals surface area contributed by atoms with Gasteiger partial charge in [-0.05, 0) is 26.2 Å². The van der Waals surface area contributed by atoms with Gasteiger partial charge in [0.15, 0.2) is 0 Å². The van der Waals surface area contributed by atoms with Crippen LogP contribution in [0.3, 0.4) is 0 Å². The summed E-state index contributed by atoms with van der Waals surface area (Å²) in [6, 6.07) is 2.58. The normalized spacial score (nSPS) is 18.8. The Hall–Kier alpha value is -0.590. The molecule has 1 unspecified atom stereocenters. The van der Waals surface area contributed by atoms with Gasteiger partial charge in [0.2, 0.25) is 0 Å². The summed E-state index contributed by atoms with van der Waals surface area (Å²) in [5.41, 5.74) is 0. The van der Waals surface area contributed by atoms with Gasteiger partial charge in [-0.1, -0.05) is 25.7 Å². The van der Waals surface area contributed by atoms with Gasteiger partial charge < -0.3 is 5.11 Å². The lowest BCUT2D eigenvalue weighted by molar-refractivity contribution is 0.0783. The maximum Gasteiger partial charge on any atom is 0.0669 e. The monoisotopic (exact) mass is 238 g/mol. The second-order valence-electron chi connectivity index (χ2n) is 5.54. The van der Waals surface area contributed by atoms with Crippen molar-refractivity contribution in [3.63, 3.8) is 0 Å². The van der Waals surface area contributed by atoms with Crippen LogP contribution in [0.5, 0.6) is 0 Å². The summed E-state index contributed by atoms with van der Waals surface area (Å²) in [5, 5.41) is 18.7. The molecule has 3 nitrogen and oxygen atoms in total. The van der Waals surface area contributed by atoms with Crippen molar-refractivity contribution in [2.45, 2.75) is 64.5 Å². The van der Waals surface area contributed by atoms with Crippen LogP contribution >= 0.6 is 0 Å². The van der Waals surface area contributed by atoms with Crippen molar-refractivity contribution in [1.82, 2.24) is 4.90 Å². The number of rotatable bonds is 7. The van der Waals surface area contributed by atoms with E-state index in [1.54, 1.807) is 0 Å². The molecule has 1 saturated carbocycles. The molecule has 1 N–H and O–H groups in total. The second kappa shape index (κ2) is 7.68. The van der Waals surface area contributed by atoms with E-state index in [0.717, 1.165) is 25.4 Å². The topological polar surface area (TPSA) is 47.3 Å². The Kier molecular flexibility index (Phi) is 6.54. The van der Waals surface area contributed by atoms with Gasteiger partial charge in [0.25, 0.3) is 0 Å². The van der Waals surface area contributed by atoms with Gasteiger partial charge in [-0.2, -0.15) is 5.26 Å². The minimum absolute atomic E-state index is 0.223. The molecule has 0 aromatic rings. The fourth-order valence-electron chi connectivity index (χ4n) is 2.73. The lowest BCUT2D eigenvalue weighted by atomic mass is 9.99. The highest BCUT2D eigenvalue weighted by Crippen LogP contribution is 2.28. The number of nitriles is 1. The summed E-state index contributed by atoms with van der Waals surface area (Å²) in [5.74, 6) is 0.731. The zero-order valence-corrected chi connectivity index (χ0v) is 11.2. The molecule has 0 amide bonds. The average molecular weight is 238 g/mol. The van der Waals surface area contributed by atoms with Crippen molar-refractivity contribution in [3.05, 3.63) is 0 Å². The van der Waals surface area contributed by atoms with E-state index in [4.69, 9.17) is 5.26 Å². The minimum Gasteiger partial charge on any atom is -0.392 e. The molecule has 0 aromatic heterocycles. The molecule has 98 valence electrons. The van der Waals surface area contributed by atoms with Crippen molar-refractivity contribution in [2.24, 2.45) is 5.92 Å². The van der Waals surface area contributed by atoms with Crippen molar-refractivity contribution in [1.29, 1.82) is 5.26 Å². The van der Waals surface area contributed by atoms with Crippen molar-refractivity contribution in [2.75, 3.05) is 13.1 Å². The molecule has 1 fully saturated rings. The van der Waals surface area contributed by atoms with Crippen LogP contribution in [0.4, 0.5) is 0 Å². The third-order valence-electron chi connectivity index (χ3n) is 3.77. The minimum atomic E-state index is -0.223. The highest BCUT2D eigenvalue weighted by molar-refractivity contribution is 4.78. The van der Waals surface area contributed by atoms with Gasteiger partial charge in [-0.25, -0.2) is 0 Å². The van der Waals surface area contributed by atoms with E-state index in [2.05, 4.69) is 24.8 Å². The molecule has 3 heteroatoms. The van der Waals surface area contributed by atoms with Gasteiger partial charge in [0.1, 0.15) is 0 Å². The summed E-state index contributed by atoms with van der Waals surface area (Å²) < 4.78 is 0. The standard InChI is InChI=1S/C14H26N2O/c1-12(2)16(9-5-8-15)11-14(17)10-13-6-3-4-7-13/h12-14,17H,3-7,9-11H2,1-2H3. The molecule has 1 aliphatic rings. The molecule has 0 bridgehead atoms. The highest BCUT2D eigenvalue weighted by atomic mass is 16.3. The molecule has 0 heterocycles. The fraction of sp³-hybridized carbons (Fsp3) is 0.929. The predicted octanol–water partition coefficient (Wildman–Crippen LogP) is 2.55. The molecule has 0 saturated heterocycles. The van der Waals surface area contributed by atoms with E-state index < -0.39 is 0 Å². The first-order valence-electron chi connectivity index (χ1n) is 6.92. The zero-order chi connectivity index (χ0) is 12.7. The van der Waals surface area contributed by atoms with Gasteiger partial charge in [0, 0.05) is 25.6 Å². The number of aliphatic hydroxyl groups is 1. The first-order valence-corrected chi connectivity index (χ1v) is 6.92. The van der Waals surface area contributed by atoms with Crippen LogP contribution in [0.25, 0.3) is 0 Å². The molecule has 1 aliphatic carbocycles. The number of nitrogens with zero attached hydrogens (tertiary/aromatic N) is 2. The molecule has 0 aromatic carbocycles. The van der Waals surface area contributed by atoms with E-state index in [0.29, 0.717) is 12.5 Å². The summed E-state index contributed by atoms with van der Waals surface area (Å²) >= 11 is 0. The van der Waals surface area contributed by atoms with E-state index in [9.17, 15) is 5.11 Å². The second-order valence-corrected chi connectivity index (χ2v) is 5.54. The van der Waals surface area contributed by atoms with E-state index >= 15 is 0 Å². The van der Waals surface area contributed by atoms with Crippen LogP contribution < -0.4 is 0 Å². The largest absolute Gasteiger partial charge is 0.392 e. The quantitative estimate of drug-likeness (QED) is 0.741. The molecule has 0 radical (unpaired) electrons. The van der Waals surface area contributed by atoms with Gasteiger partial charge in [0.05, 0.1) is 12.2 Å². The summed E-state index contributed by atoms with van der Waals surface area (Å²) in [6.07, 6.45) is 6.51. The van der Waals surface area contributed by atoms with Crippen molar-refractivity contribution >= 4 is 0 Å². The molecule has 1 atom stereocenters. The van der Waals surface area contributed by atoms with Crippen LogP contribution in [-0.4, -0.2) is 35.2 Å². The van der Waals surface area contributed by atoms with Crippen molar-refractivity contribution < 1.29 is 5.11 Å². The Labute approximate surface area is 105 Å². The third-order valence-corrected chi connectivity index (χ3v) is 3.77. The molecule has 17 heavy (non-hydrogen) atoms. The Morgan fingerprint density at radius 2 is 2.00 bits per heavy atom. The average Bonchev–Trinajstić information content (AvgIpc) is 2.76. The third kappa shape index (κ3) is 5.52. The Morgan fingerprint density at radius 3 is 2.53 bits per heavy atom. The highest BCUT2D eigenvalue weighted by Gasteiger charge is 2.21. The molecular formula is C14H26N2O. The van der Waals surface area contributed by atoms with Gasteiger partial charge >= 0.3 is 0 Å². The maximum atomic E-state index is 10.1. The smallest absolute Gasteiger partial charge is 0.0669 e.